The lowest BCUT2D eigenvalue weighted by Crippen LogP contribution is -2.43. The van der Waals surface area contributed by atoms with Crippen molar-refractivity contribution < 1.29 is 19.4 Å². The van der Waals surface area contributed by atoms with Crippen LogP contribution < -0.4 is 5.32 Å². The molecule has 0 aliphatic carbocycles. The standard InChI is InChI=1S/C10H20N2O4/c1-8(7-9(13)14)11-10(15)12(2)5-4-6-16-3/h8H,4-7H2,1-3H3,(H,11,15)(H,13,14). The Kier molecular flexibility index (Phi) is 7.28. The lowest BCUT2D eigenvalue weighted by atomic mass is 10.2. The van der Waals surface area contributed by atoms with Crippen molar-refractivity contribution >= 4 is 12.0 Å². The van der Waals surface area contributed by atoms with Crippen LogP contribution in [0.1, 0.15) is 19.8 Å². The van der Waals surface area contributed by atoms with Gasteiger partial charge >= 0.3 is 12.0 Å². The number of nitrogens with one attached hydrogen (secondary N) is 1. The molecule has 0 rings (SSSR count). The predicted octanol–water partition coefficient (Wildman–Crippen LogP) is 0.527. The van der Waals surface area contributed by atoms with Gasteiger partial charge < -0.3 is 20.1 Å². The fourth-order valence-electron chi connectivity index (χ4n) is 1.18. The van der Waals surface area contributed by atoms with Gasteiger partial charge in [-0.1, -0.05) is 0 Å². The zero-order chi connectivity index (χ0) is 12.6. The largest absolute Gasteiger partial charge is 0.481 e. The van der Waals surface area contributed by atoms with E-state index in [1.54, 1.807) is 21.1 Å². The molecular formula is C10H20N2O4. The highest BCUT2D eigenvalue weighted by Crippen LogP contribution is 1.94. The smallest absolute Gasteiger partial charge is 0.317 e. The number of rotatable bonds is 7. The Morgan fingerprint density at radius 3 is 2.62 bits per heavy atom. The molecule has 0 saturated carbocycles. The molecule has 0 fully saturated rings. The summed E-state index contributed by atoms with van der Waals surface area (Å²) in [7, 11) is 3.27. The minimum Gasteiger partial charge on any atom is -0.481 e. The van der Waals surface area contributed by atoms with Crippen molar-refractivity contribution in [1.82, 2.24) is 10.2 Å². The predicted molar refractivity (Wildman–Crippen MR) is 59.4 cm³/mol. The van der Waals surface area contributed by atoms with Crippen molar-refractivity contribution in [1.29, 1.82) is 0 Å². The normalized spacial score (nSPS) is 11.9. The van der Waals surface area contributed by atoms with Gasteiger partial charge in [0.15, 0.2) is 0 Å². The van der Waals surface area contributed by atoms with Crippen LogP contribution in [0.3, 0.4) is 0 Å². The number of amides is 2. The molecule has 0 bridgehead atoms. The third-order valence-electron chi connectivity index (χ3n) is 2.04. The molecule has 6 heteroatoms. The number of ether oxygens (including phenoxy) is 1. The molecule has 2 amide bonds. The first-order chi connectivity index (χ1) is 7.47. The van der Waals surface area contributed by atoms with Gasteiger partial charge in [-0.3, -0.25) is 4.79 Å². The van der Waals surface area contributed by atoms with Gasteiger partial charge in [-0.25, -0.2) is 4.79 Å². The van der Waals surface area contributed by atoms with Crippen molar-refractivity contribution in [2.45, 2.75) is 25.8 Å². The van der Waals surface area contributed by atoms with E-state index in [0.717, 1.165) is 6.42 Å². The first kappa shape index (κ1) is 14.7. The number of urea groups is 1. The molecule has 0 aliphatic rings. The Balaban J connectivity index is 3.81. The second-order valence-corrected chi connectivity index (χ2v) is 3.72. The van der Waals surface area contributed by atoms with E-state index in [1.807, 2.05) is 0 Å². The van der Waals surface area contributed by atoms with E-state index in [9.17, 15) is 9.59 Å². The van der Waals surface area contributed by atoms with Gasteiger partial charge in [-0.2, -0.15) is 0 Å². The molecule has 0 aromatic heterocycles. The maximum Gasteiger partial charge on any atom is 0.317 e. The Bertz CT molecular complexity index is 233. The first-order valence-electron chi connectivity index (χ1n) is 5.19. The van der Waals surface area contributed by atoms with Gasteiger partial charge in [-0.15, -0.1) is 0 Å². The number of carbonyl (C=O) groups excluding carboxylic acids is 1. The Hall–Kier alpha value is -1.30. The quantitative estimate of drug-likeness (QED) is 0.627. The lowest BCUT2D eigenvalue weighted by molar-refractivity contribution is -0.137. The van der Waals surface area contributed by atoms with E-state index in [0.29, 0.717) is 13.2 Å². The summed E-state index contributed by atoms with van der Waals surface area (Å²) in [5.74, 6) is -0.921. The van der Waals surface area contributed by atoms with Crippen molar-refractivity contribution in [3.63, 3.8) is 0 Å². The molecule has 16 heavy (non-hydrogen) atoms. The monoisotopic (exact) mass is 232 g/mol. The van der Waals surface area contributed by atoms with E-state index < -0.39 is 5.97 Å². The van der Waals surface area contributed by atoms with E-state index >= 15 is 0 Å². The van der Waals surface area contributed by atoms with Crippen LogP contribution in [-0.4, -0.2) is 55.4 Å². The van der Waals surface area contributed by atoms with Crippen molar-refractivity contribution in [2.75, 3.05) is 27.3 Å². The minimum absolute atomic E-state index is 0.0718. The summed E-state index contributed by atoms with van der Waals surface area (Å²) in [4.78, 5) is 23.4. The maximum atomic E-state index is 11.5. The average Bonchev–Trinajstić information content (AvgIpc) is 2.16. The van der Waals surface area contributed by atoms with Crippen LogP contribution in [0.15, 0.2) is 0 Å². The van der Waals surface area contributed by atoms with Gasteiger partial charge in [-0.05, 0) is 13.3 Å². The van der Waals surface area contributed by atoms with Crippen LogP contribution in [-0.2, 0) is 9.53 Å². The summed E-state index contributed by atoms with van der Waals surface area (Å²) >= 11 is 0. The second-order valence-electron chi connectivity index (χ2n) is 3.72. The van der Waals surface area contributed by atoms with Gasteiger partial charge in [0.05, 0.1) is 6.42 Å². The number of carbonyl (C=O) groups is 2. The summed E-state index contributed by atoms with van der Waals surface area (Å²) in [6.45, 7) is 2.84. The second kappa shape index (κ2) is 7.92. The number of hydrogen-bond acceptors (Lipinski definition) is 3. The summed E-state index contributed by atoms with van der Waals surface area (Å²) in [6, 6.07) is -0.625. The molecule has 0 aromatic carbocycles. The molecule has 0 radical (unpaired) electrons. The van der Waals surface area contributed by atoms with Crippen molar-refractivity contribution in [2.24, 2.45) is 0 Å². The zero-order valence-corrected chi connectivity index (χ0v) is 10.0. The topological polar surface area (TPSA) is 78.9 Å². The summed E-state index contributed by atoms with van der Waals surface area (Å²) < 4.78 is 4.87. The number of methoxy groups -OCH3 is 1. The van der Waals surface area contributed by atoms with Gasteiger partial charge in [0.2, 0.25) is 0 Å². The molecule has 1 unspecified atom stereocenters. The van der Waals surface area contributed by atoms with Crippen LogP contribution in [0.4, 0.5) is 4.79 Å². The van der Waals surface area contributed by atoms with E-state index in [-0.39, 0.29) is 18.5 Å². The van der Waals surface area contributed by atoms with Gasteiger partial charge in [0.1, 0.15) is 0 Å². The Labute approximate surface area is 95.6 Å². The van der Waals surface area contributed by atoms with E-state index in [2.05, 4.69) is 5.32 Å². The maximum absolute atomic E-state index is 11.5. The molecule has 0 heterocycles. The zero-order valence-electron chi connectivity index (χ0n) is 10.0. The minimum atomic E-state index is -0.921. The van der Waals surface area contributed by atoms with Crippen LogP contribution in [0.2, 0.25) is 0 Å². The third-order valence-corrected chi connectivity index (χ3v) is 2.04. The Morgan fingerprint density at radius 2 is 2.12 bits per heavy atom. The lowest BCUT2D eigenvalue weighted by Gasteiger charge is -2.20. The highest BCUT2D eigenvalue weighted by Gasteiger charge is 2.13. The highest BCUT2D eigenvalue weighted by molar-refractivity contribution is 5.75. The fourth-order valence-corrected chi connectivity index (χ4v) is 1.18. The number of nitrogens with zero attached hydrogens (tertiary/aromatic N) is 1. The average molecular weight is 232 g/mol. The fraction of sp³-hybridized carbons (Fsp3) is 0.800. The van der Waals surface area contributed by atoms with Gasteiger partial charge in [0.25, 0.3) is 0 Å². The molecule has 2 N–H and O–H groups in total. The number of aliphatic carboxylic acids is 1. The number of carboxylic acids is 1. The van der Waals surface area contributed by atoms with Crippen LogP contribution in [0, 0.1) is 0 Å². The summed E-state index contributed by atoms with van der Waals surface area (Å²) in [6.07, 6.45) is 0.686. The van der Waals surface area contributed by atoms with Crippen molar-refractivity contribution in [3.8, 4) is 0 Å². The van der Waals surface area contributed by atoms with Crippen LogP contribution >= 0.6 is 0 Å². The van der Waals surface area contributed by atoms with Crippen LogP contribution in [0.5, 0.6) is 0 Å². The van der Waals surface area contributed by atoms with Gasteiger partial charge in [0, 0.05) is 33.4 Å². The summed E-state index contributed by atoms with van der Waals surface area (Å²) in [5, 5.41) is 11.1. The highest BCUT2D eigenvalue weighted by atomic mass is 16.5. The van der Waals surface area contributed by atoms with Crippen molar-refractivity contribution in [3.05, 3.63) is 0 Å². The molecule has 0 aromatic rings. The van der Waals surface area contributed by atoms with E-state index in [1.165, 1.54) is 4.90 Å². The molecule has 6 nitrogen and oxygen atoms in total. The van der Waals surface area contributed by atoms with Crippen LogP contribution in [0.25, 0.3) is 0 Å². The SMILES string of the molecule is COCCCN(C)C(=O)NC(C)CC(=O)O. The number of carboxylic acid groups (broad SMARTS) is 1. The third kappa shape index (κ3) is 7.05. The molecule has 0 saturated heterocycles. The molecule has 0 aliphatic heterocycles. The summed E-state index contributed by atoms with van der Waals surface area (Å²) in [5.41, 5.74) is 0. The number of hydrogen-bond donors (Lipinski definition) is 2. The molecule has 1 atom stereocenters. The molecular weight excluding hydrogens is 212 g/mol. The Morgan fingerprint density at radius 1 is 1.50 bits per heavy atom. The molecule has 94 valence electrons. The van der Waals surface area contributed by atoms with E-state index in [4.69, 9.17) is 9.84 Å². The first-order valence-corrected chi connectivity index (χ1v) is 5.19. The molecule has 0 spiro atoms.